The van der Waals surface area contributed by atoms with E-state index in [2.05, 4.69) is 36.3 Å². The summed E-state index contributed by atoms with van der Waals surface area (Å²) in [7, 11) is 3.86. The van der Waals surface area contributed by atoms with Gasteiger partial charge in [-0.15, -0.1) is 0 Å². The standard InChI is InChI=1S/C15H22N2O/c1-12(14-8-16-9-14)10-17(2)11-13-4-6-15(18-3)7-5-13/h4-7,16H,8-11H2,1-3H3. The molecule has 3 nitrogen and oxygen atoms in total. The average molecular weight is 246 g/mol. The summed E-state index contributed by atoms with van der Waals surface area (Å²) >= 11 is 0. The minimum Gasteiger partial charge on any atom is -0.497 e. The van der Waals surface area contributed by atoms with Gasteiger partial charge in [-0.05, 0) is 37.2 Å². The van der Waals surface area contributed by atoms with E-state index >= 15 is 0 Å². The molecule has 0 atom stereocenters. The van der Waals surface area contributed by atoms with Crippen molar-refractivity contribution in [3.05, 3.63) is 41.0 Å². The number of hydrogen-bond donors (Lipinski definition) is 1. The van der Waals surface area contributed by atoms with Crippen molar-refractivity contribution < 1.29 is 4.74 Å². The molecule has 98 valence electrons. The Kier molecular flexibility index (Phi) is 4.39. The number of ether oxygens (including phenoxy) is 1. The lowest BCUT2D eigenvalue weighted by Crippen LogP contribution is -2.36. The number of hydrogen-bond acceptors (Lipinski definition) is 3. The van der Waals surface area contributed by atoms with E-state index in [4.69, 9.17) is 4.74 Å². The summed E-state index contributed by atoms with van der Waals surface area (Å²) in [5.74, 6) is 0.917. The molecule has 1 fully saturated rings. The minimum absolute atomic E-state index is 0.917. The molecule has 1 aromatic carbocycles. The molecule has 0 spiro atoms. The SMILES string of the molecule is COc1ccc(CN(C)CC(C)=C2CNC2)cc1. The van der Waals surface area contributed by atoms with Crippen LogP contribution in [-0.2, 0) is 6.54 Å². The van der Waals surface area contributed by atoms with Crippen molar-refractivity contribution in [3.8, 4) is 5.75 Å². The first-order chi connectivity index (χ1) is 8.69. The summed E-state index contributed by atoms with van der Waals surface area (Å²) in [6.45, 7) is 6.40. The van der Waals surface area contributed by atoms with E-state index in [1.165, 1.54) is 11.1 Å². The second-order valence-electron chi connectivity index (χ2n) is 5.01. The fourth-order valence-electron chi connectivity index (χ4n) is 2.17. The van der Waals surface area contributed by atoms with Crippen LogP contribution in [0.25, 0.3) is 0 Å². The van der Waals surface area contributed by atoms with Crippen LogP contribution in [0.4, 0.5) is 0 Å². The molecule has 2 rings (SSSR count). The molecule has 1 saturated heterocycles. The highest BCUT2D eigenvalue weighted by molar-refractivity contribution is 5.27. The summed E-state index contributed by atoms with van der Waals surface area (Å²) < 4.78 is 5.16. The molecule has 1 N–H and O–H groups in total. The third kappa shape index (κ3) is 3.34. The van der Waals surface area contributed by atoms with E-state index < -0.39 is 0 Å². The Balaban J connectivity index is 1.88. The molecule has 1 heterocycles. The highest BCUT2D eigenvalue weighted by Crippen LogP contribution is 2.14. The fraction of sp³-hybridized carbons (Fsp3) is 0.467. The summed E-state index contributed by atoms with van der Waals surface area (Å²) in [5.41, 5.74) is 4.39. The Morgan fingerprint density at radius 3 is 2.44 bits per heavy atom. The number of nitrogens with zero attached hydrogens (tertiary/aromatic N) is 1. The first-order valence-electron chi connectivity index (χ1n) is 6.38. The van der Waals surface area contributed by atoms with Gasteiger partial charge in [-0.1, -0.05) is 17.7 Å². The third-order valence-electron chi connectivity index (χ3n) is 3.40. The number of likely N-dealkylation sites (N-methyl/N-ethyl adjacent to an activating group) is 1. The van der Waals surface area contributed by atoms with Gasteiger partial charge >= 0.3 is 0 Å². The Labute approximate surface area is 109 Å². The Hall–Kier alpha value is -1.32. The first kappa shape index (κ1) is 13.1. The smallest absolute Gasteiger partial charge is 0.118 e. The van der Waals surface area contributed by atoms with Gasteiger partial charge < -0.3 is 10.1 Å². The zero-order chi connectivity index (χ0) is 13.0. The van der Waals surface area contributed by atoms with Crippen LogP contribution in [0.3, 0.4) is 0 Å². The van der Waals surface area contributed by atoms with Crippen LogP contribution in [-0.4, -0.2) is 38.7 Å². The van der Waals surface area contributed by atoms with Crippen molar-refractivity contribution >= 4 is 0 Å². The lowest BCUT2D eigenvalue weighted by Gasteiger charge is -2.25. The molecule has 18 heavy (non-hydrogen) atoms. The molecular formula is C15H22N2O. The molecule has 0 aliphatic carbocycles. The molecule has 0 aromatic heterocycles. The predicted octanol–water partition coefficient (Wildman–Crippen LogP) is 2.05. The number of benzene rings is 1. The summed E-state index contributed by atoms with van der Waals surface area (Å²) in [5, 5.41) is 3.29. The first-order valence-corrected chi connectivity index (χ1v) is 6.38. The van der Waals surface area contributed by atoms with E-state index in [1.54, 1.807) is 12.7 Å². The number of rotatable bonds is 5. The zero-order valence-corrected chi connectivity index (χ0v) is 11.5. The zero-order valence-electron chi connectivity index (χ0n) is 11.5. The van der Waals surface area contributed by atoms with Gasteiger partial charge in [-0.3, -0.25) is 4.90 Å². The van der Waals surface area contributed by atoms with Crippen molar-refractivity contribution in [2.24, 2.45) is 0 Å². The van der Waals surface area contributed by atoms with Crippen molar-refractivity contribution in [2.45, 2.75) is 13.5 Å². The quantitative estimate of drug-likeness (QED) is 0.805. The van der Waals surface area contributed by atoms with Gasteiger partial charge in [0, 0.05) is 26.2 Å². The van der Waals surface area contributed by atoms with Crippen LogP contribution < -0.4 is 10.1 Å². The third-order valence-corrected chi connectivity index (χ3v) is 3.40. The van der Waals surface area contributed by atoms with E-state index in [0.717, 1.165) is 31.9 Å². The van der Waals surface area contributed by atoms with Crippen molar-refractivity contribution in [1.82, 2.24) is 10.2 Å². The minimum atomic E-state index is 0.917. The summed E-state index contributed by atoms with van der Waals surface area (Å²) in [6.07, 6.45) is 0. The Bertz CT molecular complexity index is 417. The normalized spacial score (nSPS) is 14.6. The molecular weight excluding hydrogens is 224 g/mol. The molecule has 1 aliphatic heterocycles. The molecule has 0 bridgehead atoms. The second kappa shape index (κ2) is 6.03. The summed E-state index contributed by atoms with van der Waals surface area (Å²) in [6, 6.07) is 8.29. The second-order valence-corrected chi connectivity index (χ2v) is 5.01. The van der Waals surface area contributed by atoms with E-state index in [9.17, 15) is 0 Å². The number of nitrogens with one attached hydrogen (secondary N) is 1. The lowest BCUT2D eigenvalue weighted by atomic mass is 10.0. The molecule has 3 heteroatoms. The highest BCUT2D eigenvalue weighted by Gasteiger charge is 2.11. The van der Waals surface area contributed by atoms with Crippen LogP contribution in [0.2, 0.25) is 0 Å². The van der Waals surface area contributed by atoms with Gasteiger partial charge in [0.25, 0.3) is 0 Å². The Morgan fingerprint density at radius 2 is 1.94 bits per heavy atom. The van der Waals surface area contributed by atoms with Gasteiger partial charge in [-0.25, -0.2) is 0 Å². The van der Waals surface area contributed by atoms with Gasteiger partial charge in [0.1, 0.15) is 5.75 Å². The molecule has 0 saturated carbocycles. The van der Waals surface area contributed by atoms with Crippen molar-refractivity contribution in [3.63, 3.8) is 0 Å². The van der Waals surface area contributed by atoms with Gasteiger partial charge in [0.2, 0.25) is 0 Å². The molecule has 1 aliphatic rings. The largest absolute Gasteiger partial charge is 0.497 e. The predicted molar refractivity (Wildman–Crippen MR) is 74.9 cm³/mol. The molecule has 0 radical (unpaired) electrons. The maximum Gasteiger partial charge on any atom is 0.118 e. The maximum atomic E-state index is 5.16. The average Bonchev–Trinajstić information content (AvgIpc) is 2.27. The molecule has 0 amide bonds. The van der Waals surface area contributed by atoms with Crippen LogP contribution >= 0.6 is 0 Å². The maximum absolute atomic E-state index is 5.16. The molecule has 1 aromatic rings. The topological polar surface area (TPSA) is 24.5 Å². The Morgan fingerprint density at radius 1 is 1.28 bits per heavy atom. The van der Waals surface area contributed by atoms with E-state index in [0.29, 0.717) is 0 Å². The lowest BCUT2D eigenvalue weighted by molar-refractivity contribution is 0.352. The monoisotopic (exact) mass is 246 g/mol. The van der Waals surface area contributed by atoms with E-state index in [-0.39, 0.29) is 0 Å². The van der Waals surface area contributed by atoms with E-state index in [1.807, 2.05) is 12.1 Å². The van der Waals surface area contributed by atoms with Gasteiger partial charge in [-0.2, -0.15) is 0 Å². The van der Waals surface area contributed by atoms with Crippen molar-refractivity contribution in [1.29, 1.82) is 0 Å². The van der Waals surface area contributed by atoms with Crippen LogP contribution in [0, 0.1) is 0 Å². The van der Waals surface area contributed by atoms with Crippen LogP contribution in [0.1, 0.15) is 12.5 Å². The number of methoxy groups -OCH3 is 1. The van der Waals surface area contributed by atoms with Crippen LogP contribution in [0.15, 0.2) is 35.4 Å². The fourth-order valence-corrected chi connectivity index (χ4v) is 2.17. The highest BCUT2D eigenvalue weighted by atomic mass is 16.5. The van der Waals surface area contributed by atoms with Crippen LogP contribution in [0.5, 0.6) is 5.75 Å². The van der Waals surface area contributed by atoms with Gasteiger partial charge in [0.15, 0.2) is 0 Å². The summed E-state index contributed by atoms with van der Waals surface area (Å²) in [4.78, 5) is 2.35. The van der Waals surface area contributed by atoms with Gasteiger partial charge in [0.05, 0.1) is 7.11 Å². The van der Waals surface area contributed by atoms with Crippen molar-refractivity contribution in [2.75, 3.05) is 33.8 Å². The molecule has 0 unspecified atom stereocenters.